The lowest BCUT2D eigenvalue weighted by atomic mass is 10.1. The van der Waals surface area contributed by atoms with Crippen molar-refractivity contribution in [3.05, 3.63) is 88.6 Å². The van der Waals surface area contributed by atoms with Gasteiger partial charge in [-0.3, -0.25) is 14.5 Å². The molecule has 1 aliphatic rings. The van der Waals surface area contributed by atoms with E-state index >= 15 is 0 Å². The number of methoxy groups -OCH3 is 2. The first-order valence-electron chi connectivity index (χ1n) is 10.5. The van der Waals surface area contributed by atoms with Gasteiger partial charge < -0.3 is 13.7 Å². The molecule has 1 aliphatic heterocycles. The number of benzene rings is 3. The summed E-state index contributed by atoms with van der Waals surface area (Å²) in [4.78, 5) is 26.4. The standard InChI is InChI=1S/C25H20FNO7S2/c1-32-19-8-10-20(11-9-19)36(30,31)34-21-12-5-17(13-22(21)33-2)14-23-24(28)27(25(29)35-23)15-16-3-6-18(26)7-4-16/h3-14H,15H2,1-2H3/b23-14-. The van der Waals surface area contributed by atoms with Gasteiger partial charge in [0.15, 0.2) is 11.5 Å². The van der Waals surface area contributed by atoms with Crippen LogP contribution in [0.15, 0.2) is 76.5 Å². The molecule has 0 atom stereocenters. The molecule has 0 bridgehead atoms. The number of hydrogen-bond acceptors (Lipinski definition) is 8. The van der Waals surface area contributed by atoms with E-state index in [-0.39, 0.29) is 27.8 Å². The van der Waals surface area contributed by atoms with Gasteiger partial charge in [-0.1, -0.05) is 18.2 Å². The Morgan fingerprint density at radius 3 is 2.25 bits per heavy atom. The molecule has 3 aromatic rings. The monoisotopic (exact) mass is 529 g/mol. The van der Waals surface area contributed by atoms with Crippen LogP contribution in [0.5, 0.6) is 17.2 Å². The molecule has 36 heavy (non-hydrogen) atoms. The van der Waals surface area contributed by atoms with Crippen LogP contribution in [0, 0.1) is 5.82 Å². The van der Waals surface area contributed by atoms with Crippen molar-refractivity contribution in [2.45, 2.75) is 11.4 Å². The number of thioether (sulfide) groups is 1. The van der Waals surface area contributed by atoms with Crippen LogP contribution in [0.3, 0.4) is 0 Å². The van der Waals surface area contributed by atoms with Crippen LogP contribution in [-0.2, 0) is 21.5 Å². The van der Waals surface area contributed by atoms with Crippen LogP contribution in [-0.4, -0.2) is 38.7 Å². The van der Waals surface area contributed by atoms with Gasteiger partial charge in [-0.2, -0.15) is 8.42 Å². The average molecular weight is 530 g/mol. The Kier molecular flexibility index (Phi) is 7.32. The van der Waals surface area contributed by atoms with Crippen molar-refractivity contribution in [1.29, 1.82) is 0 Å². The highest BCUT2D eigenvalue weighted by atomic mass is 32.2. The minimum Gasteiger partial charge on any atom is -0.497 e. The molecular weight excluding hydrogens is 509 g/mol. The zero-order chi connectivity index (χ0) is 25.9. The number of hydrogen-bond donors (Lipinski definition) is 0. The van der Waals surface area contributed by atoms with Gasteiger partial charge in [0.05, 0.1) is 25.7 Å². The van der Waals surface area contributed by atoms with Crippen LogP contribution in [0.1, 0.15) is 11.1 Å². The Morgan fingerprint density at radius 2 is 1.61 bits per heavy atom. The summed E-state index contributed by atoms with van der Waals surface area (Å²) in [6.45, 7) is 0.0155. The van der Waals surface area contributed by atoms with Crippen LogP contribution in [0.25, 0.3) is 6.08 Å². The molecule has 0 unspecified atom stereocenters. The summed E-state index contributed by atoms with van der Waals surface area (Å²) in [5.41, 5.74) is 1.11. The van der Waals surface area contributed by atoms with Gasteiger partial charge in [0.2, 0.25) is 0 Å². The average Bonchev–Trinajstić information content (AvgIpc) is 3.13. The third kappa shape index (κ3) is 5.52. The zero-order valence-corrected chi connectivity index (χ0v) is 20.8. The molecule has 2 amide bonds. The van der Waals surface area contributed by atoms with Crippen LogP contribution in [0.4, 0.5) is 9.18 Å². The molecule has 0 saturated carbocycles. The summed E-state index contributed by atoms with van der Waals surface area (Å²) >= 11 is 0.773. The molecule has 0 spiro atoms. The second-order valence-corrected chi connectivity index (χ2v) is 10.1. The van der Waals surface area contributed by atoms with Gasteiger partial charge in [0.25, 0.3) is 11.1 Å². The van der Waals surface area contributed by atoms with Gasteiger partial charge in [0, 0.05) is 0 Å². The van der Waals surface area contributed by atoms with Crippen molar-refractivity contribution in [2.24, 2.45) is 0 Å². The predicted octanol–water partition coefficient (Wildman–Crippen LogP) is 4.85. The summed E-state index contributed by atoms with van der Waals surface area (Å²) in [6, 6.07) is 15.7. The number of imide groups is 1. The lowest BCUT2D eigenvalue weighted by Crippen LogP contribution is -2.27. The highest BCUT2D eigenvalue weighted by Crippen LogP contribution is 2.36. The van der Waals surface area contributed by atoms with Crippen molar-refractivity contribution in [3.8, 4) is 17.2 Å². The second kappa shape index (κ2) is 10.4. The summed E-state index contributed by atoms with van der Waals surface area (Å²) in [6.07, 6.45) is 1.50. The number of halogens is 1. The van der Waals surface area contributed by atoms with Crippen molar-refractivity contribution in [3.63, 3.8) is 0 Å². The number of nitrogens with zero attached hydrogens (tertiary/aromatic N) is 1. The summed E-state index contributed by atoms with van der Waals surface area (Å²) in [5, 5.41) is -0.451. The maximum Gasteiger partial charge on any atom is 0.339 e. The fraction of sp³-hybridized carbons (Fsp3) is 0.120. The number of rotatable bonds is 8. The third-order valence-corrected chi connectivity index (χ3v) is 7.32. The second-order valence-electron chi connectivity index (χ2n) is 7.52. The minimum atomic E-state index is -4.15. The minimum absolute atomic E-state index is 0.0155. The van der Waals surface area contributed by atoms with E-state index in [1.54, 1.807) is 0 Å². The molecule has 186 valence electrons. The van der Waals surface area contributed by atoms with E-state index in [9.17, 15) is 22.4 Å². The number of carbonyl (C=O) groups excluding carboxylic acids is 2. The maximum absolute atomic E-state index is 13.1. The Balaban J connectivity index is 1.53. The Morgan fingerprint density at radius 1 is 0.917 bits per heavy atom. The summed E-state index contributed by atoms with van der Waals surface area (Å²) < 4.78 is 54.1. The summed E-state index contributed by atoms with van der Waals surface area (Å²) in [5.74, 6) is -0.333. The van der Waals surface area contributed by atoms with E-state index < -0.39 is 27.1 Å². The lowest BCUT2D eigenvalue weighted by Gasteiger charge is -2.12. The largest absolute Gasteiger partial charge is 0.497 e. The Bertz CT molecular complexity index is 1440. The molecule has 4 rings (SSSR count). The molecule has 0 aliphatic carbocycles. The molecule has 1 heterocycles. The first kappa shape index (κ1) is 25.3. The Hall–Kier alpha value is -3.83. The zero-order valence-electron chi connectivity index (χ0n) is 19.1. The SMILES string of the molecule is COc1ccc(S(=O)(=O)Oc2ccc(/C=C3\SC(=O)N(Cc4ccc(F)cc4)C3=O)cc2OC)cc1. The third-order valence-electron chi connectivity index (χ3n) is 5.16. The predicted molar refractivity (Wildman–Crippen MR) is 132 cm³/mol. The molecule has 3 aromatic carbocycles. The highest BCUT2D eigenvalue weighted by molar-refractivity contribution is 8.18. The normalized spacial score (nSPS) is 14.9. The highest BCUT2D eigenvalue weighted by Gasteiger charge is 2.35. The number of carbonyl (C=O) groups is 2. The van der Waals surface area contributed by atoms with E-state index in [2.05, 4.69) is 0 Å². The molecule has 0 aromatic heterocycles. The first-order valence-corrected chi connectivity index (χ1v) is 12.7. The lowest BCUT2D eigenvalue weighted by molar-refractivity contribution is -0.123. The van der Waals surface area contributed by atoms with Crippen molar-refractivity contribution < 1.29 is 36.1 Å². The molecule has 0 N–H and O–H groups in total. The maximum atomic E-state index is 13.1. The van der Waals surface area contributed by atoms with E-state index in [4.69, 9.17) is 13.7 Å². The van der Waals surface area contributed by atoms with Gasteiger partial charge in [-0.15, -0.1) is 0 Å². The van der Waals surface area contributed by atoms with E-state index in [1.807, 2.05) is 0 Å². The van der Waals surface area contributed by atoms with Crippen LogP contribution < -0.4 is 13.7 Å². The van der Waals surface area contributed by atoms with E-state index in [1.165, 1.54) is 87.0 Å². The fourth-order valence-electron chi connectivity index (χ4n) is 3.31. The number of ether oxygens (including phenoxy) is 2. The molecule has 0 radical (unpaired) electrons. The van der Waals surface area contributed by atoms with Gasteiger partial charge in [-0.05, 0) is 77.5 Å². The van der Waals surface area contributed by atoms with Crippen LogP contribution in [0.2, 0.25) is 0 Å². The Labute approximate surface area is 211 Å². The van der Waals surface area contributed by atoms with E-state index in [0.717, 1.165) is 16.7 Å². The first-order chi connectivity index (χ1) is 17.2. The smallest absolute Gasteiger partial charge is 0.339 e. The van der Waals surface area contributed by atoms with Crippen molar-refractivity contribution in [1.82, 2.24) is 4.90 Å². The molecule has 1 fully saturated rings. The quantitative estimate of drug-likeness (QED) is 0.302. The topological polar surface area (TPSA) is 99.2 Å². The van der Waals surface area contributed by atoms with Crippen LogP contribution >= 0.6 is 11.8 Å². The summed E-state index contributed by atoms with van der Waals surface area (Å²) in [7, 11) is -1.33. The van der Waals surface area contributed by atoms with Gasteiger partial charge in [-0.25, -0.2) is 4.39 Å². The van der Waals surface area contributed by atoms with Crippen molar-refractivity contribution in [2.75, 3.05) is 14.2 Å². The molecule has 8 nitrogen and oxygen atoms in total. The van der Waals surface area contributed by atoms with Gasteiger partial charge >= 0.3 is 10.1 Å². The molecular formula is C25H20FNO7S2. The molecule has 1 saturated heterocycles. The van der Waals surface area contributed by atoms with Gasteiger partial charge in [0.1, 0.15) is 16.5 Å². The molecule has 11 heteroatoms. The number of amides is 2. The fourth-order valence-corrected chi connectivity index (χ4v) is 5.09. The van der Waals surface area contributed by atoms with Crippen molar-refractivity contribution >= 4 is 39.1 Å². The van der Waals surface area contributed by atoms with E-state index in [0.29, 0.717) is 16.9 Å².